The van der Waals surface area contributed by atoms with Crippen molar-refractivity contribution in [1.29, 1.82) is 0 Å². The number of carbonyl (C=O) groups is 2. The molecule has 1 aromatic rings. The first-order valence-electron chi connectivity index (χ1n) is 8.43. The molecule has 1 aromatic carbocycles. The van der Waals surface area contributed by atoms with Gasteiger partial charge < -0.3 is 10.0 Å². The van der Waals surface area contributed by atoms with Gasteiger partial charge in [-0.3, -0.25) is 14.5 Å². The summed E-state index contributed by atoms with van der Waals surface area (Å²) >= 11 is 0. The van der Waals surface area contributed by atoms with Crippen LogP contribution < -0.4 is 0 Å². The van der Waals surface area contributed by atoms with Crippen molar-refractivity contribution < 1.29 is 14.7 Å². The highest BCUT2D eigenvalue weighted by Gasteiger charge is 2.43. The topological polar surface area (TPSA) is 60.9 Å². The molecule has 2 atom stereocenters. The summed E-state index contributed by atoms with van der Waals surface area (Å²) in [6, 6.07) is 10.0. The molecule has 2 saturated heterocycles. The number of rotatable bonds is 4. The average molecular weight is 316 g/mol. The maximum atomic E-state index is 12.7. The Balaban J connectivity index is 1.68. The number of piperidine rings is 1. The van der Waals surface area contributed by atoms with Gasteiger partial charge in [-0.15, -0.1) is 0 Å². The molecular weight excluding hydrogens is 292 g/mol. The largest absolute Gasteiger partial charge is 0.481 e. The Morgan fingerprint density at radius 2 is 1.65 bits per heavy atom. The third kappa shape index (κ3) is 3.72. The fourth-order valence-electron chi connectivity index (χ4n) is 3.71. The van der Waals surface area contributed by atoms with E-state index in [9.17, 15) is 14.7 Å². The smallest absolute Gasteiger partial charge is 0.308 e. The highest BCUT2D eigenvalue weighted by atomic mass is 16.4. The summed E-state index contributed by atoms with van der Waals surface area (Å²) in [4.78, 5) is 28.3. The van der Waals surface area contributed by atoms with E-state index in [1.54, 1.807) is 0 Å². The molecule has 2 fully saturated rings. The maximum absolute atomic E-state index is 12.7. The van der Waals surface area contributed by atoms with Crippen LogP contribution in [0.15, 0.2) is 30.3 Å². The van der Waals surface area contributed by atoms with Gasteiger partial charge in [-0.25, -0.2) is 0 Å². The standard InChI is InChI=1S/C18H24N2O3/c21-17(20-9-5-2-6-10-20)15-12-19(13-16(15)18(22)23)11-14-7-3-1-4-8-14/h1,3-4,7-8,15-16H,2,5-6,9-13H2,(H,22,23)/t15-,16+/m0/s1. The Labute approximate surface area is 136 Å². The molecular formula is C18H24N2O3. The van der Waals surface area contributed by atoms with Crippen molar-refractivity contribution in [1.82, 2.24) is 9.80 Å². The molecule has 0 unspecified atom stereocenters. The Hall–Kier alpha value is -1.88. The van der Waals surface area contributed by atoms with Gasteiger partial charge in [0.2, 0.25) is 5.91 Å². The second-order valence-corrected chi connectivity index (χ2v) is 6.62. The van der Waals surface area contributed by atoms with Crippen LogP contribution in [0.3, 0.4) is 0 Å². The van der Waals surface area contributed by atoms with E-state index in [2.05, 4.69) is 4.90 Å². The average Bonchev–Trinajstić information content (AvgIpc) is 3.00. The Kier molecular flexibility index (Phi) is 4.96. The van der Waals surface area contributed by atoms with Crippen molar-refractivity contribution in [3.05, 3.63) is 35.9 Å². The van der Waals surface area contributed by atoms with Crippen LogP contribution in [0.1, 0.15) is 24.8 Å². The second-order valence-electron chi connectivity index (χ2n) is 6.62. The van der Waals surface area contributed by atoms with E-state index >= 15 is 0 Å². The number of carboxylic acids is 1. The Bertz CT molecular complexity index is 555. The van der Waals surface area contributed by atoms with E-state index in [-0.39, 0.29) is 5.91 Å². The summed E-state index contributed by atoms with van der Waals surface area (Å²) in [5.41, 5.74) is 1.16. The van der Waals surface area contributed by atoms with Gasteiger partial charge in [0.1, 0.15) is 0 Å². The molecule has 0 saturated carbocycles. The van der Waals surface area contributed by atoms with Crippen molar-refractivity contribution in [2.24, 2.45) is 11.8 Å². The van der Waals surface area contributed by atoms with Gasteiger partial charge in [-0.1, -0.05) is 30.3 Å². The fraction of sp³-hybridized carbons (Fsp3) is 0.556. The number of hydrogen-bond acceptors (Lipinski definition) is 3. The van der Waals surface area contributed by atoms with Crippen LogP contribution in [0, 0.1) is 11.8 Å². The number of hydrogen-bond donors (Lipinski definition) is 1. The van der Waals surface area contributed by atoms with Crippen molar-refractivity contribution in [3.63, 3.8) is 0 Å². The van der Waals surface area contributed by atoms with Crippen molar-refractivity contribution >= 4 is 11.9 Å². The summed E-state index contributed by atoms with van der Waals surface area (Å²) in [6.07, 6.45) is 3.23. The highest BCUT2D eigenvalue weighted by Crippen LogP contribution is 2.28. The normalized spacial score (nSPS) is 25.5. The van der Waals surface area contributed by atoms with Crippen molar-refractivity contribution in [2.75, 3.05) is 26.2 Å². The molecule has 2 aliphatic heterocycles. The summed E-state index contributed by atoms with van der Waals surface area (Å²) in [6.45, 7) is 3.25. The zero-order valence-electron chi connectivity index (χ0n) is 13.4. The molecule has 0 spiro atoms. The highest BCUT2D eigenvalue weighted by molar-refractivity contribution is 5.85. The lowest BCUT2D eigenvalue weighted by atomic mass is 9.94. The van der Waals surface area contributed by atoms with Gasteiger partial charge in [-0.2, -0.15) is 0 Å². The van der Waals surface area contributed by atoms with Crippen LogP contribution in [-0.4, -0.2) is 53.0 Å². The quantitative estimate of drug-likeness (QED) is 0.920. The molecule has 0 aliphatic carbocycles. The van der Waals surface area contributed by atoms with Crippen molar-refractivity contribution in [2.45, 2.75) is 25.8 Å². The monoisotopic (exact) mass is 316 g/mol. The third-order valence-corrected chi connectivity index (χ3v) is 4.95. The molecule has 0 radical (unpaired) electrons. The minimum absolute atomic E-state index is 0.0349. The molecule has 5 nitrogen and oxygen atoms in total. The summed E-state index contributed by atoms with van der Waals surface area (Å²) in [5.74, 6) is -1.81. The predicted octanol–water partition coefficient (Wildman–Crippen LogP) is 1.83. The van der Waals surface area contributed by atoms with E-state index in [4.69, 9.17) is 0 Å². The Morgan fingerprint density at radius 1 is 1.00 bits per heavy atom. The maximum Gasteiger partial charge on any atom is 0.308 e. The molecule has 124 valence electrons. The van der Waals surface area contributed by atoms with Gasteiger partial charge in [0, 0.05) is 32.7 Å². The number of benzene rings is 1. The van der Waals surface area contributed by atoms with E-state index < -0.39 is 17.8 Å². The molecule has 23 heavy (non-hydrogen) atoms. The Morgan fingerprint density at radius 3 is 2.30 bits per heavy atom. The van der Waals surface area contributed by atoms with E-state index in [1.807, 2.05) is 35.2 Å². The predicted molar refractivity (Wildman–Crippen MR) is 86.8 cm³/mol. The van der Waals surface area contributed by atoms with Crippen LogP contribution in [0.25, 0.3) is 0 Å². The first-order valence-corrected chi connectivity index (χ1v) is 8.43. The van der Waals surface area contributed by atoms with E-state index in [1.165, 1.54) is 0 Å². The zero-order chi connectivity index (χ0) is 16.2. The number of carbonyl (C=O) groups excluding carboxylic acids is 1. The van der Waals surface area contributed by atoms with Gasteiger partial charge >= 0.3 is 5.97 Å². The molecule has 2 aliphatic rings. The summed E-state index contributed by atoms with van der Waals surface area (Å²) in [7, 11) is 0. The lowest BCUT2D eigenvalue weighted by Crippen LogP contribution is -2.43. The third-order valence-electron chi connectivity index (χ3n) is 4.95. The van der Waals surface area contributed by atoms with Crippen LogP contribution in [0.4, 0.5) is 0 Å². The minimum atomic E-state index is -0.851. The molecule has 1 amide bonds. The number of amides is 1. The SMILES string of the molecule is O=C(O)[C@@H]1CN(Cc2ccccc2)C[C@@H]1C(=O)N1CCCCC1. The number of aliphatic carboxylic acids is 1. The van der Waals surface area contributed by atoms with Gasteiger partial charge in [-0.05, 0) is 24.8 Å². The number of likely N-dealkylation sites (tertiary alicyclic amines) is 2. The van der Waals surface area contributed by atoms with Crippen LogP contribution in [0.5, 0.6) is 0 Å². The second kappa shape index (κ2) is 7.13. The lowest BCUT2D eigenvalue weighted by Gasteiger charge is -2.30. The fourth-order valence-corrected chi connectivity index (χ4v) is 3.71. The molecule has 0 bridgehead atoms. The van der Waals surface area contributed by atoms with E-state index in [0.717, 1.165) is 37.9 Å². The molecule has 3 rings (SSSR count). The summed E-state index contributed by atoms with van der Waals surface area (Å²) in [5, 5.41) is 9.52. The van der Waals surface area contributed by atoms with Gasteiger partial charge in [0.05, 0.1) is 11.8 Å². The van der Waals surface area contributed by atoms with E-state index in [0.29, 0.717) is 19.6 Å². The zero-order valence-corrected chi connectivity index (χ0v) is 13.4. The number of nitrogens with zero attached hydrogens (tertiary/aromatic N) is 2. The molecule has 0 aromatic heterocycles. The van der Waals surface area contributed by atoms with Crippen LogP contribution in [0.2, 0.25) is 0 Å². The van der Waals surface area contributed by atoms with Crippen molar-refractivity contribution in [3.8, 4) is 0 Å². The minimum Gasteiger partial charge on any atom is -0.481 e. The molecule has 5 heteroatoms. The first-order chi connectivity index (χ1) is 11.1. The lowest BCUT2D eigenvalue weighted by molar-refractivity contribution is -0.148. The van der Waals surface area contributed by atoms with Gasteiger partial charge in [0.15, 0.2) is 0 Å². The molecule has 2 heterocycles. The molecule has 1 N–H and O–H groups in total. The van der Waals surface area contributed by atoms with Crippen LogP contribution in [-0.2, 0) is 16.1 Å². The van der Waals surface area contributed by atoms with Crippen LogP contribution >= 0.6 is 0 Å². The van der Waals surface area contributed by atoms with Gasteiger partial charge in [0.25, 0.3) is 0 Å². The first kappa shape index (κ1) is 16.0. The number of carboxylic acid groups (broad SMARTS) is 1. The summed E-state index contributed by atoms with van der Waals surface area (Å²) < 4.78 is 0.